The van der Waals surface area contributed by atoms with Crippen molar-refractivity contribution in [1.29, 1.82) is 0 Å². The first kappa shape index (κ1) is 20.3. The van der Waals surface area contributed by atoms with Gasteiger partial charge in [-0.3, -0.25) is 0 Å². The van der Waals surface area contributed by atoms with Crippen molar-refractivity contribution in [3.8, 4) is 11.1 Å². The van der Waals surface area contributed by atoms with Gasteiger partial charge in [0.2, 0.25) is 0 Å². The second-order valence-corrected chi connectivity index (χ2v) is 7.48. The highest BCUT2D eigenvalue weighted by molar-refractivity contribution is 5.67. The van der Waals surface area contributed by atoms with Gasteiger partial charge in [-0.2, -0.15) is 13.2 Å². The molecule has 2 aromatic carbocycles. The van der Waals surface area contributed by atoms with Crippen LogP contribution in [0.3, 0.4) is 0 Å². The number of nitrogens with one attached hydrogen (secondary N) is 1. The Kier molecular flexibility index (Phi) is 5.95. The molecular formula is C24H22F3N3. The molecule has 0 amide bonds. The summed E-state index contributed by atoms with van der Waals surface area (Å²) < 4.78 is 39.1. The van der Waals surface area contributed by atoms with Crippen LogP contribution in [-0.4, -0.2) is 22.6 Å². The highest BCUT2D eigenvalue weighted by Crippen LogP contribution is 2.32. The fourth-order valence-corrected chi connectivity index (χ4v) is 3.76. The second kappa shape index (κ2) is 8.79. The number of aromatic nitrogens is 2. The van der Waals surface area contributed by atoms with Gasteiger partial charge in [0.15, 0.2) is 0 Å². The minimum absolute atomic E-state index is 0.238. The molecule has 0 radical (unpaired) electrons. The fourth-order valence-electron chi connectivity index (χ4n) is 3.76. The minimum Gasteiger partial charge on any atom is -0.310 e. The van der Waals surface area contributed by atoms with E-state index >= 15 is 0 Å². The maximum absolute atomic E-state index is 13.0. The van der Waals surface area contributed by atoms with Crippen molar-refractivity contribution >= 4 is 5.57 Å². The SMILES string of the molecule is FC(F)(F)c1cccc(C2=CCNC(CCc3ccc(-c4cncnc4)cc3)C2)c1. The summed E-state index contributed by atoms with van der Waals surface area (Å²) in [5.41, 5.74) is 4.32. The zero-order chi connectivity index (χ0) is 21.0. The Morgan fingerprint density at radius 2 is 1.70 bits per heavy atom. The van der Waals surface area contributed by atoms with E-state index in [1.807, 2.05) is 6.08 Å². The maximum atomic E-state index is 13.0. The van der Waals surface area contributed by atoms with Crippen LogP contribution in [0.1, 0.15) is 29.5 Å². The first-order valence-electron chi connectivity index (χ1n) is 9.93. The molecule has 3 aromatic rings. The normalized spacial score (nSPS) is 16.9. The summed E-state index contributed by atoms with van der Waals surface area (Å²) in [6, 6.07) is 14.2. The Labute approximate surface area is 173 Å². The van der Waals surface area contributed by atoms with Crippen LogP contribution in [0.5, 0.6) is 0 Å². The summed E-state index contributed by atoms with van der Waals surface area (Å²) in [6.07, 6.45) is 5.30. The van der Waals surface area contributed by atoms with Crippen molar-refractivity contribution < 1.29 is 13.2 Å². The first-order valence-corrected chi connectivity index (χ1v) is 9.93. The van der Waals surface area contributed by atoms with Crippen LogP contribution in [0.15, 0.2) is 73.3 Å². The molecule has 0 fully saturated rings. The van der Waals surface area contributed by atoms with Crippen LogP contribution in [0.25, 0.3) is 16.7 Å². The molecule has 0 bridgehead atoms. The third-order valence-electron chi connectivity index (χ3n) is 5.41. The number of rotatable bonds is 5. The van der Waals surface area contributed by atoms with E-state index in [-0.39, 0.29) is 6.04 Å². The molecule has 0 aliphatic carbocycles. The topological polar surface area (TPSA) is 37.8 Å². The molecule has 1 atom stereocenters. The molecule has 1 unspecified atom stereocenters. The summed E-state index contributed by atoms with van der Waals surface area (Å²) >= 11 is 0. The van der Waals surface area contributed by atoms with Gasteiger partial charge in [-0.25, -0.2) is 9.97 Å². The largest absolute Gasteiger partial charge is 0.416 e. The molecule has 0 saturated heterocycles. The van der Waals surface area contributed by atoms with Crippen LogP contribution < -0.4 is 5.32 Å². The smallest absolute Gasteiger partial charge is 0.310 e. The molecule has 4 rings (SSSR count). The van der Waals surface area contributed by atoms with E-state index in [9.17, 15) is 13.2 Å². The zero-order valence-corrected chi connectivity index (χ0v) is 16.4. The predicted octanol–water partition coefficient (Wildman–Crippen LogP) is 5.54. The fraction of sp³-hybridized carbons (Fsp3) is 0.250. The molecule has 30 heavy (non-hydrogen) atoms. The number of hydrogen-bond acceptors (Lipinski definition) is 3. The van der Waals surface area contributed by atoms with Gasteiger partial charge in [-0.15, -0.1) is 0 Å². The van der Waals surface area contributed by atoms with Gasteiger partial charge >= 0.3 is 6.18 Å². The van der Waals surface area contributed by atoms with Crippen LogP contribution in [-0.2, 0) is 12.6 Å². The quantitative estimate of drug-likeness (QED) is 0.601. The monoisotopic (exact) mass is 409 g/mol. The van der Waals surface area contributed by atoms with Crippen LogP contribution >= 0.6 is 0 Å². The van der Waals surface area contributed by atoms with Gasteiger partial charge in [0.25, 0.3) is 0 Å². The van der Waals surface area contributed by atoms with Crippen molar-refractivity contribution in [2.24, 2.45) is 0 Å². The molecule has 1 aliphatic heterocycles. The van der Waals surface area contributed by atoms with E-state index in [2.05, 4.69) is 39.6 Å². The van der Waals surface area contributed by atoms with Gasteiger partial charge < -0.3 is 5.32 Å². The second-order valence-electron chi connectivity index (χ2n) is 7.48. The number of benzene rings is 2. The van der Waals surface area contributed by atoms with E-state index in [1.165, 1.54) is 24.0 Å². The molecule has 1 aromatic heterocycles. The minimum atomic E-state index is -4.32. The molecule has 2 heterocycles. The lowest BCUT2D eigenvalue weighted by atomic mass is 9.91. The van der Waals surface area contributed by atoms with E-state index < -0.39 is 11.7 Å². The van der Waals surface area contributed by atoms with Crippen LogP contribution in [0.2, 0.25) is 0 Å². The average Bonchev–Trinajstić information content (AvgIpc) is 2.78. The lowest BCUT2D eigenvalue weighted by Crippen LogP contribution is -2.33. The van der Waals surface area contributed by atoms with Crippen molar-refractivity contribution in [2.45, 2.75) is 31.5 Å². The van der Waals surface area contributed by atoms with Gasteiger partial charge in [0.05, 0.1) is 5.56 Å². The van der Waals surface area contributed by atoms with Crippen LogP contribution in [0, 0.1) is 0 Å². The molecule has 1 N–H and O–H groups in total. The molecule has 3 nitrogen and oxygen atoms in total. The number of halogens is 3. The Bertz CT molecular complexity index is 1010. The standard InChI is InChI=1S/C24H22F3N3/c25-24(26,27)22-3-1-2-19(12-22)20-10-11-30-23(13-20)9-6-17-4-7-18(8-5-17)21-14-28-16-29-15-21/h1-5,7-8,10,12,14-16,23,30H,6,9,11,13H2. The van der Waals surface area contributed by atoms with Crippen molar-refractivity contribution in [3.63, 3.8) is 0 Å². The molecule has 154 valence electrons. The summed E-state index contributed by atoms with van der Waals surface area (Å²) in [5, 5.41) is 3.46. The highest BCUT2D eigenvalue weighted by Gasteiger charge is 2.30. The summed E-state index contributed by atoms with van der Waals surface area (Å²) in [4.78, 5) is 8.09. The third kappa shape index (κ3) is 4.94. The summed E-state index contributed by atoms with van der Waals surface area (Å²) in [6.45, 7) is 0.670. The van der Waals surface area contributed by atoms with Gasteiger partial charge in [0.1, 0.15) is 6.33 Å². The van der Waals surface area contributed by atoms with E-state index in [1.54, 1.807) is 18.5 Å². The Morgan fingerprint density at radius 1 is 0.933 bits per heavy atom. The number of hydrogen-bond donors (Lipinski definition) is 1. The van der Waals surface area contributed by atoms with E-state index in [0.29, 0.717) is 12.1 Å². The first-order chi connectivity index (χ1) is 14.5. The molecule has 1 aliphatic rings. The summed E-state index contributed by atoms with van der Waals surface area (Å²) in [7, 11) is 0. The Morgan fingerprint density at radius 3 is 2.43 bits per heavy atom. The van der Waals surface area contributed by atoms with Crippen molar-refractivity contribution in [3.05, 3.63) is 90.0 Å². The molecule has 6 heteroatoms. The van der Waals surface area contributed by atoms with Crippen molar-refractivity contribution in [1.82, 2.24) is 15.3 Å². The number of aryl methyl sites for hydroxylation is 1. The number of alkyl halides is 3. The summed E-state index contributed by atoms with van der Waals surface area (Å²) in [5.74, 6) is 0. The Balaban J connectivity index is 1.37. The Hall–Kier alpha value is -2.99. The maximum Gasteiger partial charge on any atom is 0.416 e. The third-order valence-corrected chi connectivity index (χ3v) is 5.41. The predicted molar refractivity (Wildman–Crippen MR) is 112 cm³/mol. The van der Waals surface area contributed by atoms with Gasteiger partial charge in [-0.05, 0) is 53.7 Å². The lowest BCUT2D eigenvalue weighted by molar-refractivity contribution is -0.137. The zero-order valence-electron chi connectivity index (χ0n) is 16.4. The van der Waals surface area contributed by atoms with E-state index in [0.717, 1.165) is 42.0 Å². The number of nitrogens with zero attached hydrogens (tertiary/aromatic N) is 2. The van der Waals surface area contributed by atoms with Gasteiger partial charge in [0, 0.05) is 30.5 Å². The van der Waals surface area contributed by atoms with Crippen molar-refractivity contribution in [2.75, 3.05) is 6.54 Å². The van der Waals surface area contributed by atoms with Gasteiger partial charge in [-0.1, -0.05) is 42.5 Å². The van der Waals surface area contributed by atoms with E-state index in [4.69, 9.17) is 0 Å². The molecule has 0 spiro atoms. The average molecular weight is 409 g/mol. The van der Waals surface area contributed by atoms with Crippen LogP contribution in [0.4, 0.5) is 13.2 Å². The molecule has 0 saturated carbocycles. The molecular weight excluding hydrogens is 387 g/mol. The lowest BCUT2D eigenvalue weighted by Gasteiger charge is -2.25. The highest BCUT2D eigenvalue weighted by atomic mass is 19.4.